The van der Waals surface area contributed by atoms with Crippen LogP contribution in [-0.4, -0.2) is 49.2 Å². The predicted octanol–water partition coefficient (Wildman–Crippen LogP) is -0.0340. The summed E-state index contributed by atoms with van der Waals surface area (Å²) in [6, 6.07) is 0. The number of sulfonamides is 1. The summed E-state index contributed by atoms with van der Waals surface area (Å²) in [7, 11) is -3.35. The van der Waals surface area contributed by atoms with Crippen molar-refractivity contribution in [3.63, 3.8) is 0 Å². The lowest BCUT2D eigenvalue weighted by molar-refractivity contribution is 0.0939. The van der Waals surface area contributed by atoms with E-state index in [0.717, 1.165) is 6.26 Å². The van der Waals surface area contributed by atoms with Gasteiger partial charge < -0.3 is 10.6 Å². The van der Waals surface area contributed by atoms with Crippen LogP contribution in [-0.2, 0) is 10.0 Å². The van der Waals surface area contributed by atoms with E-state index in [-0.39, 0.29) is 12.2 Å². The van der Waals surface area contributed by atoms with Gasteiger partial charge in [0.2, 0.25) is 10.0 Å². The molecule has 8 nitrogen and oxygen atoms in total. The van der Waals surface area contributed by atoms with Crippen molar-refractivity contribution in [1.82, 2.24) is 20.0 Å². The summed E-state index contributed by atoms with van der Waals surface area (Å²) >= 11 is 0. The highest BCUT2D eigenvalue weighted by molar-refractivity contribution is 7.88. The van der Waals surface area contributed by atoms with Crippen LogP contribution in [0.15, 0.2) is 12.4 Å². The Morgan fingerprint density at radius 3 is 2.57 bits per heavy atom. The minimum absolute atomic E-state index is 0.131. The first-order valence-electron chi connectivity index (χ1n) is 6.46. The first kappa shape index (κ1) is 17.3. The number of carbonyl (C=O) groups excluding carboxylic acids is 1. The lowest BCUT2D eigenvalue weighted by Gasteiger charge is -2.25. The summed E-state index contributed by atoms with van der Waals surface area (Å²) in [6.07, 6.45) is 3.95. The number of amides is 1. The van der Waals surface area contributed by atoms with Crippen LogP contribution in [0, 0.1) is 0 Å². The summed E-state index contributed by atoms with van der Waals surface area (Å²) in [6.45, 7) is 6.06. The number of aromatic nitrogens is 2. The highest BCUT2D eigenvalue weighted by Gasteiger charge is 2.23. The molecule has 1 rings (SSSR count). The first-order chi connectivity index (χ1) is 9.63. The van der Waals surface area contributed by atoms with E-state index in [2.05, 4.69) is 25.3 Å². The molecule has 118 valence electrons. The van der Waals surface area contributed by atoms with E-state index in [1.807, 2.05) is 6.92 Å². The van der Waals surface area contributed by atoms with Crippen LogP contribution in [0.4, 0.5) is 5.82 Å². The molecule has 0 unspecified atom stereocenters. The SMILES string of the molecule is CCNc1cncc(C(=O)NCC(C)(C)NS(C)(=O)=O)n1. The molecule has 0 aliphatic carbocycles. The van der Waals surface area contributed by atoms with Gasteiger partial charge in [0.15, 0.2) is 0 Å². The molecule has 21 heavy (non-hydrogen) atoms. The van der Waals surface area contributed by atoms with Gasteiger partial charge in [0.1, 0.15) is 11.5 Å². The van der Waals surface area contributed by atoms with Gasteiger partial charge in [-0.05, 0) is 20.8 Å². The largest absolute Gasteiger partial charge is 0.369 e. The fraction of sp³-hybridized carbons (Fsp3) is 0.583. The molecular formula is C12H21N5O3S. The number of carbonyl (C=O) groups is 1. The van der Waals surface area contributed by atoms with Gasteiger partial charge in [-0.15, -0.1) is 0 Å². The summed E-state index contributed by atoms with van der Waals surface area (Å²) < 4.78 is 24.9. The Morgan fingerprint density at radius 1 is 1.33 bits per heavy atom. The van der Waals surface area contributed by atoms with Crippen LogP contribution in [0.1, 0.15) is 31.3 Å². The number of rotatable bonds is 7. The second kappa shape index (κ2) is 6.81. The van der Waals surface area contributed by atoms with Crippen LogP contribution >= 0.6 is 0 Å². The quantitative estimate of drug-likeness (QED) is 0.651. The maximum atomic E-state index is 12.0. The minimum Gasteiger partial charge on any atom is -0.369 e. The van der Waals surface area contributed by atoms with Gasteiger partial charge >= 0.3 is 0 Å². The fourth-order valence-electron chi connectivity index (χ4n) is 1.67. The normalized spacial score (nSPS) is 12.0. The molecule has 0 saturated heterocycles. The zero-order valence-electron chi connectivity index (χ0n) is 12.6. The molecule has 1 aromatic heterocycles. The molecule has 0 radical (unpaired) electrons. The van der Waals surface area contributed by atoms with Gasteiger partial charge in [0, 0.05) is 18.6 Å². The van der Waals surface area contributed by atoms with Crippen LogP contribution in [0.2, 0.25) is 0 Å². The molecule has 0 bridgehead atoms. The highest BCUT2D eigenvalue weighted by atomic mass is 32.2. The van der Waals surface area contributed by atoms with E-state index in [0.29, 0.717) is 12.4 Å². The number of hydrogen-bond acceptors (Lipinski definition) is 6. The van der Waals surface area contributed by atoms with Crippen molar-refractivity contribution in [3.8, 4) is 0 Å². The van der Waals surface area contributed by atoms with Crippen molar-refractivity contribution in [3.05, 3.63) is 18.1 Å². The Labute approximate surface area is 124 Å². The van der Waals surface area contributed by atoms with Crippen LogP contribution < -0.4 is 15.4 Å². The summed E-state index contributed by atoms with van der Waals surface area (Å²) in [4.78, 5) is 20.0. The summed E-state index contributed by atoms with van der Waals surface area (Å²) in [5, 5.41) is 5.60. The second-order valence-electron chi connectivity index (χ2n) is 5.26. The molecule has 1 aromatic rings. The van der Waals surface area contributed by atoms with Gasteiger partial charge in [0.25, 0.3) is 5.91 Å². The molecule has 0 aliphatic heterocycles. The third-order valence-corrected chi connectivity index (χ3v) is 3.30. The number of anilines is 1. The molecule has 1 heterocycles. The highest BCUT2D eigenvalue weighted by Crippen LogP contribution is 2.04. The number of hydrogen-bond donors (Lipinski definition) is 3. The maximum Gasteiger partial charge on any atom is 0.271 e. The maximum absolute atomic E-state index is 12.0. The zero-order valence-corrected chi connectivity index (χ0v) is 13.4. The van der Waals surface area contributed by atoms with E-state index in [1.54, 1.807) is 13.8 Å². The lowest BCUT2D eigenvalue weighted by Crippen LogP contribution is -2.51. The molecule has 0 fully saturated rings. The predicted molar refractivity (Wildman–Crippen MR) is 80.6 cm³/mol. The first-order valence-corrected chi connectivity index (χ1v) is 8.35. The van der Waals surface area contributed by atoms with Gasteiger partial charge in [-0.1, -0.05) is 0 Å². The number of nitrogens with zero attached hydrogens (tertiary/aromatic N) is 2. The van der Waals surface area contributed by atoms with Crippen molar-refractivity contribution < 1.29 is 13.2 Å². The Balaban J connectivity index is 2.67. The number of nitrogens with one attached hydrogen (secondary N) is 3. The summed E-state index contributed by atoms with van der Waals surface area (Å²) in [5.74, 6) is 0.101. The average Bonchev–Trinajstić information content (AvgIpc) is 2.34. The standard InChI is InChI=1S/C12H21N5O3S/c1-5-14-10-7-13-6-9(16-10)11(18)15-8-12(2,3)17-21(4,19)20/h6-7,17H,5,8H2,1-4H3,(H,14,16)(H,15,18). The van der Waals surface area contributed by atoms with Crippen molar-refractivity contribution in [2.75, 3.05) is 24.7 Å². The molecule has 0 aliphatic rings. The Bertz CT molecular complexity index is 601. The second-order valence-corrected chi connectivity index (χ2v) is 7.01. The lowest BCUT2D eigenvalue weighted by atomic mass is 10.1. The Kier molecular flexibility index (Phi) is 5.62. The molecule has 1 amide bonds. The van der Waals surface area contributed by atoms with Crippen LogP contribution in [0.5, 0.6) is 0 Å². The molecule has 0 atom stereocenters. The van der Waals surface area contributed by atoms with Crippen molar-refractivity contribution in [1.29, 1.82) is 0 Å². The Hall–Kier alpha value is -1.74. The smallest absolute Gasteiger partial charge is 0.271 e. The molecule has 9 heteroatoms. The fourth-order valence-corrected chi connectivity index (χ4v) is 2.75. The van der Waals surface area contributed by atoms with E-state index in [9.17, 15) is 13.2 Å². The minimum atomic E-state index is -3.35. The third-order valence-electron chi connectivity index (χ3n) is 2.38. The van der Waals surface area contributed by atoms with E-state index >= 15 is 0 Å². The van der Waals surface area contributed by atoms with E-state index in [4.69, 9.17) is 0 Å². The van der Waals surface area contributed by atoms with Gasteiger partial charge in [-0.3, -0.25) is 9.78 Å². The van der Waals surface area contributed by atoms with Crippen molar-refractivity contribution in [2.24, 2.45) is 0 Å². The molecule has 0 aromatic carbocycles. The monoisotopic (exact) mass is 315 g/mol. The zero-order chi connectivity index (χ0) is 16.1. The van der Waals surface area contributed by atoms with Gasteiger partial charge in [-0.25, -0.2) is 18.1 Å². The van der Waals surface area contributed by atoms with Gasteiger partial charge in [-0.2, -0.15) is 0 Å². The van der Waals surface area contributed by atoms with Crippen LogP contribution in [0.3, 0.4) is 0 Å². The van der Waals surface area contributed by atoms with Crippen molar-refractivity contribution in [2.45, 2.75) is 26.3 Å². The summed E-state index contributed by atoms with van der Waals surface area (Å²) in [5.41, 5.74) is -0.626. The van der Waals surface area contributed by atoms with E-state index < -0.39 is 21.5 Å². The molecule has 0 spiro atoms. The third kappa shape index (κ3) is 6.50. The van der Waals surface area contributed by atoms with Gasteiger partial charge in [0.05, 0.1) is 18.6 Å². The van der Waals surface area contributed by atoms with Crippen molar-refractivity contribution >= 4 is 21.7 Å². The van der Waals surface area contributed by atoms with E-state index in [1.165, 1.54) is 12.4 Å². The topological polar surface area (TPSA) is 113 Å². The molecule has 3 N–H and O–H groups in total. The molecule has 0 saturated carbocycles. The van der Waals surface area contributed by atoms with Crippen LogP contribution in [0.25, 0.3) is 0 Å². The Morgan fingerprint density at radius 2 is 2.00 bits per heavy atom. The average molecular weight is 315 g/mol. The molecular weight excluding hydrogens is 294 g/mol.